The molecule has 1 aromatic rings. The molecule has 1 aromatic heterocycles. The lowest BCUT2D eigenvalue weighted by molar-refractivity contribution is -0.145. The number of hydrogen-bond donors (Lipinski definition) is 0. The van der Waals surface area contributed by atoms with E-state index in [4.69, 9.17) is 9.15 Å². The fraction of sp³-hybridized carbons (Fsp3) is 0.300. The Kier molecular flexibility index (Phi) is 1.93. The van der Waals surface area contributed by atoms with E-state index in [1.165, 1.54) is 0 Å². The average molecular weight is 178 g/mol. The minimum absolute atomic E-state index is 0.171. The first-order valence-corrected chi connectivity index (χ1v) is 4.17. The monoisotopic (exact) mass is 178 g/mol. The zero-order valence-electron chi connectivity index (χ0n) is 7.32. The normalized spacial score (nSPS) is 22.4. The topological polar surface area (TPSA) is 39.4 Å². The molecule has 0 aromatic carbocycles. The number of furan rings is 1. The van der Waals surface area contributed by atoms with Crippen molar-refractivity contribution in [2.45, 2.75) is 19.4 Å². The zero-order chi connectivity index (χ0) is 9.26. The molecule has 0 saturated carbocycles. The lowest BCUT2D eigenvalue weighted by atomic mass is 10.1. The van der Waals surface area contributed by atoms with Crippen LogP contribution in [0.1, 0.15) is 25.0 Å². The quantitative estimate of drug-likeness (QED) is 0.619. The highest BCUT2D eigenvalue weighted by Gasteiger charge is 2.22. The molecule has 0 amide bonds. The van der Waals surface area contributed by atoms with Gasteiger partial charge in [0.1, 0.15) is 6.10 Å². The van der Waals surface area contributed by atoms with E-state index in [-0.39, 0.29) is 12.1 Å². The molecule has 0 aliphatic carbocycles. The molecule has 3 nitrogen and oxygen atoms in total. The minimum Gasteiger partial charge on any atom is -0.472 e. The predicted octanol–water partition coefficient (Wildman–Crippen LogP) is 2.21. The van der Waals surface area contributed by atoms with Crippen molar-refractivity contribution in [2.24, 2.45) is 0 Å². The van der Waals surface area contributed by atoms with Gasteiger partial charge in [0.15, 0.2) is 0 Å². The van der Waals surface area contributed by atoms with Gasteiger partial charge >= 0.3 is 5.97 Å². The standard InChI is InChI=1S/C10H10O3/c1-7-2-3-9(13-10(7)11)8-4-5-12-6-8/h2,4-6,9H,3H2,1H3/t9-/m1/s1. The lowest BCUT2D eigenvalue weighted by Crippen LogP contribution is -2.15. The van der Waals surface area contributed by atoms with Crippen molar-refractivity contribution in [1.82, 2.24) is 0 Å². The Bertz CT molecular complexity index is 335. The molecule has 68 valence electrons. The fourth-order valence-corrected chi connectivity index (χ4v) is 1.30. The Balaban J connectivity index is 2.18. The van der Waals surface area contributed by atoms with E-state index in [1.54, 1.807) is 19.5 Å². The van der Waals surface area contributed by atoms with Crippen LogP contribution in [0.4, 0.5) is 0 Å². The van der Waals surface area contributed by atoms with Crippen molar-refractivity contribution in [2.75, 3.05) is 0 Å². The summed E-state index contributed by atoms with van der Waals surface area (Å²) in [6.45, 7) is 1.76. The molecule has 3 heteroatoms. The van der Waals surface area contributed by atoms with Gasteiger partial charge in [-0.3, -0.25) is 0 Å². The third-order valence-corrected chi connectivity index (χ3v) is 2.12. The summed E-state index contributed by atoms with van der Waals surface area (Å²) in [5.41, 5.74) is 1.59. The van der Waals surface area contributed by atoms with Gasteiger partial charge < -0.3 is 9.15 Å². The third-order valence-electron chi connectivity index (χ3n) is 2.12. The van der Waals surface area contributed by atoms with E-state index in [9.17, 15) is 4.79 Å². The van der Waals surface area contributed by atoms with Crippen molar-refractivity contribution in [3.63, 3.8) is 0 Å². The van der Waals surface area contributed by atoms with Crippen LogP contribution in [0.25, 0.3) is 0 Å². The largest absolute Gasteiger partial charge is 0.472 e. The maximum Gasteiger partial charge on any atom is 0.334 e. The van der Waals surface area contributed by atoms with E-state index >= 15 is 0 Å². The highest BCUT2D eigenvalue weighted by atomic mass is 16.5. The van der Waals surface area contributed by atoms with Gasteiger partial charge in [0.2, 0.25) is 0 Å². The van der Waals surface area contributed by atoms with Crippen LogP contribution >= 0.6 is 0 Å². The summed E-state index contributed by atoms with van der Waals surface area (Å²) in [5, 5.41) is 0. The number of carbonyl (C=O) groups excluding carboxylic acids is 1. The molecule has 2 heterocycles. The van der Waals surface area contributed by atoms with Crippen LogP contribution in [-0.4, -0.2) is 5.97 Å². The lowest BCUT2D eigenvalue weighted by Gasteiger charge is -2.19. The number of ether oxygens (including phenoxy) is 1. The highest BCUT2D eigenvalue weighted by molar-refractivity contribution is 5.88. The Morgan fingerprint density at radius 3 is 3.00 bits per heavy atom. The zero-order valence-corrected chi connectivity index (χ0v) is 7.32. The summed E-state index contributed by atoms with van der Waals surface area (Å²) in [7, 11) is 0. The van der Waals surface area contributed by atoms with Crippen LogP contribution in [0.3, 0.4) is 0 Å². The Morgan fingerprint density at radius 1 is 1.54 bits per heavy atom. The Morgan fingerprint density at radius 2 is 2.38 bits per heavy atom. The molecule has 1 aliphatic rings. The second kappa shape index (κ2) is 3.09. The smallest absolute Gasteiger partial charge is 0.334 e. The van der Waals surface area contributed by atoms with Crippen LogP contribution in [-0.2, 0) is 9.53 Å². The summed E-state index contributed by atoms with van der Waals surface area (Å²) in [6, 6.07) is 1.81. The van der Waals surface area contributed by atoms with E-state index < -0.39 is 0 Å². The molecular formula is C10H10O3. The first-order chi connectivity index (χ1) is 6.27. The Hall–Kier alpha value is -1.51. The molecule has 0 radical (unpaired) electrons. The van der Waals surface area contributed by atoms with E-state index in [2.05, 4.69) is 0 Å². The molecule has 0 spiro atoms. The number of rotatable bonds is 1. The average Bonchev–Trinajstić information content (AvgIpc) is 2.62. The maximum absolute atomic E-state index is 11.2. The van der Waals surface area contributed by atoms with Gasteiger partial charge in [-0.25, -0.2) is 4.79 Å². The number of carbonyl (C=O) groups is 1. The summed E-state index contributed by atoms with van der Waals surface area (Å²) >= 11 is 0. The number of hydrogen-bond acceptors (Lipinski definition) is 3. The molecule has 13 heavy (non-hydrogen) atoms. The van der Waals surface area contributed by atoms with Crippen molar-refractivity contribution in [3.05, 3.63) is 35.8 Å². The van der Waals surface area contributed by atoms with Crippen molar-refractivity contribution < 1.29 is 13.9 Å². The van der Waals surface area contributed by atoms with E-state index in [1.807, 2.05) is 12.1 Å². The fourth-order valence-electron chi connectivity index (χ4n) is 1.30. The molecule has 0 bridgehead atoms. The van der Waals surface area contributed by atoms with Crippen molar-refractivity contribution in [1.29, 1.82) is 0 Å². The first-order valence-electron chi connectivity index (χ1n) is 4.17. The molecule has 1 atom stereocenters. The van der Waals surface area contributed by atoms with Crippen LogP contribution < -0.4 is 0 Å². The van der Waals surface area contributed by atoms with Crippen LogP contribution in [0.2, 0.25) is 0 Å². The SMILES string of the molecule is CC1=CC[C@H](c2ccoc2)OC1=O. The van der Waals surface area contributed by atoms with Gasteiger partial charge in [-0.15, -0.1) is 0 Å². The van der Waals surface area contributed by atoms with Crippen molar-refractivity contribution in [3.8, 4) is 0 Å². The van der Waals surface area contributed by atoms with Gasteiger partial charge in [-0.2, -0.15) is 0 Å². The third kappa shape index (κ3) is 1.49. The molecule has 0 fully saturated rings. The minimum atomic E-state index is -0.238. The molecule has 2 rings (SSSR count). The molecule has 0 unspecified atom stereocenters. The maximum atomic E-state index is 11.2. The number of cyclic esters (lactones) is 1. The summed E-state index contributed by atoms with van der Waals surface area (Å²) in [6.07, 6.45) is 5.64. The van der Waals surface area contributed by atoms with Gasteiger partial charge in [0, 0.05) is 17.6 Å². The summed E-state index contributed by atoms with van der Waals surface area (Å²) < 4.78 is 10.1. The summed E-state index contributed by atoms with van der Waals surface area (Å²) in [5.74, 6) is -0.238. The predicted molar refractivity (Wildman–Crippen MR) is 45.9 cm³/mol. The molecule has 0 saturated heterocycles. The second-order valence-electron chi connectivity index (χ2n) is 3.07. The molecule has 0 N–H and O–H groups in total. The highest BCUT2D eigenvalue weighted by Crippen LogP contribution is 2.27. The Labute approximate surface area is 76.0 Å². The van der Waals surface area contributed by atoms with Crippen LogP contribution in [0, 0.1) is 0 Å². The van der Waals surface area contributed by atoms with E-state index in [0.717, 1.165) is 12.0 Å². The first kappa shape index (κ1) is 8.10. The second-order valence-corrected chi connectivity index (χ2v) is 3.07. The molecular weight excluding hydrogens is 168 g/mol. The van der Waals surface area contributed by atoms with Gasteiger partial charge in [-0.1, -0.05) is 6.08 Å². The van der Waals surface area contributed by atoms with Crippen LogP contribution in [0.5, 0.6) is 0 Å². The van der Waals surface area contributed by atoms with Gasteiger partial charge in [0.05, 0.1) is 12.5 Å². The number of esters is 1. The molecule has 1 aliphatic heterocycles. The van der Waals surface area contributed by atoms with Gasteiger partial charge in [0.25, 0.3) is 0 Å². The van der Waals surface area contributed by atoms with Crippen molar-refractivity contribution >= 4 is 5.97 Å². The van der Waals surface area contributed by atoms with Crippen LogP contribution in [0.15, 0.2) is 34.7 Å². The van der Waals surface area contributed by atoms with E-state index in [0.29, 0.717) is 5.57 Å². The summed E-state index contributed by atoms with van der Waals surface area (Å²) in [4.78, 5) is 11.2. The van der Waals surface area contributed by atoms with Gasteiger partial charge in [-0.05, 0) is 13.0 Å².